The Balaban J connectivity index is 1.83. The van der Waals surface area contributed by atoms with Crippen molar-refractivity contribution in [1.82, 2.24) is 14.6 Å². The quantitative estimate of drug-likeness (QED) is 0.844. The van der Waals surface area contributed by atoms with Gasteiger partial charge in [-0.1, -0.05) is 23.3 Å². The summed E-state index contributed by atoms with van der Waals surface area (Å²) in [7, 11) is 0. The minimum absolute atomic E-state index is 0.165. The van der Waals surface area contributed by atoms with Crippen LogP contribution in [0.5, 0.6) is 0 Å². The molecule has 2 aromatic rings. The number of anilines is 1. The van der Waals surface area contributed by atoms with E-state index in [1.807, 2.05) is 19.9 Å². The number of halogens is 1. The third-order valence-corrected chi connectivity index (χ3v) is 5.91. The number of hydrogen-bond donors (Lipinski definition) is 1. The van der Waals surface area contributed by atoms with Crippen LogP contribution in [0.4, 0.5) is 5.82 Å². The Hall–Kier alpha value is -2.38. The van der Waals surface area contributed by atoms with Gasteiger partial charge in [-0.25, -0.2) is 14.3 Å². The zero-order chi connectivity index (χ0) is 19.8. The summed E-state index contributed by atoms with van der Waals surface area (Å²) in [6.07, 6.45) is 4.54. The molecule has 0 spiro atoms. The molecule has 28 heavy (non-hydrogen) atoms. The average Bonchev–Trinajstić information content (AvgIpc) is 3.00. The molecule has 148 valence electrons. The van der Waals surface area contributed by atoms with Gasteiger partial charge in [0.05, 0.1) is 24.6 Å². The number of imidazole rings is 1. The Labute approximate surface area is 168 Å². The topological polar surface area (TPSA) is 80.0 Å². The van der Waals surface area contributed by atoms with E-state index in [0.717, 1.165) is 34.8 Å². The molecule has 1 N–H and O–H groups in total. The number of aromatic carboxylic acids is 1. The van der Waals surface area contributed by atoms with Gasteiger partial charge in [0, 0.05) is 30.6 Å². The van der Waals surface area contributed by atoms with Crippen LogP contribution in [0.1, 0.15) is 41.5 Å². The van der Waals surface area contributed by atoms with Gasteiger partial charge in [-0.2, -0.15) is 0 Å². The molecule has 8 heteroatoms. The predicted molar refractivity (Wildman–Crippen MR) is 107 cm³/mol. The number of hydrogen-bond acceptors (Lipinski definition) is 5. The SMILES string of the molecule is CC1=C(Cc2c(C)nc3c(C(=O)O)cc(N4CCOCC4)nn23)CCC=C1Cl. The summed E-state index contributed by atoms with van der Waals surface area (Å²) in [5, 5.41) is 15.3. The first-order valence-electron chi connectivity index (χ1n) is 9.45. The molecule has 0 unspecified atom stereocenters. The van der Waals surface area contributed by atoms with Crippen molar-refractivity contribution in [3.8, 4) is 0 Å². The highest BCUT2D eigenvalue weighted by Gasteiger charge is 2.23. The normalized spacial score (nSPS) is 18.0. The van der Waals surface area contributed by atoms with Crippen molar-refractivity contribution in [3.05, 3.63) is 45.3 Å². The zero-order valence-electron chi connectivity index (χ0n) is 16.0. The van der Waals surface area contributed by atoms with Crippen molar-refractivity contribution in [1.29, 1.82) is 0 Å². The van der Waals surface area contributed by atoms with Gasteiger partial charge in [-0.15, -0.1) is 5.10 Å². The maximum atomic E-state index is 11.9. The van der Waals surface area contributed by atoms with Crippen molar-refractivity contribution in [2.24, 2.45) is 0 Å². The molecule has 0 radical (unpaired) electrons. The Bertz CT molecular complexity index is 1000. The molecular formula is C20H23ClN4O3. The van der Waals surface area contributed by atoms with Crippen LogP contribution in [0.3, 0.4) is 0 Å². The summed E-state index contributed by atoms with van der Waals surface area (Å²) < 4.78 is 7.11. The number of carboxylic acids is 1. The highest BCUT2D eigenvalue weighted by Crippen LogP contribution is 2.31. The second kappa shape index (κ2) is 7.56. The first-order valence-corrected chi connectivity index (χ1v) is 9.83. The van der Waals surface area contributed by atoms with Crippen LogP contribution in [0.2, 0.25) is 0 Å². The number of carboxylic acid groups (broad SMARTS) is 1. The number of carbonyl (C=O) groups is 1. The lowest BCUT2D eigenvalue weighted by Crippen LogP contribution is -2.37. The van der Waals surface area contributed by atoms with Gasteiger partial charge in [0.2, 0.25) is 0 Å². The van der Waals surface area contributed by atoms with Crippen LogP contribution in [-0.4, -0.2) is 52.0 Å². The molecule has 2 aromatic heterocycles. The van der Waals surface area contributed by atoms with Gasteiger partial charge >= 0.3 is 5.97 Å². The number of aromatic nitrogens is 3. The van der Waals surface area contributed by atoms with Gasteiger partial charge < -0.3 is 14.7 Å². The van der Waals surface area contributed by atoms with E-state index in [2.05, 4.69) is 9.88 Å². The molecule has 3 heterocycles. The van der Waals surface area contributed by atoms with E-state index in [4.69, 9.17) is 21.4 Å². The fourth-order valence-electron chi connectivity index (χ4n) is 3.77. The van der Waals surface area contributed by atoms with Crippen LogP contribution >= 0.6 is 11.6 Å². The summed E-state index contributed by atoms with van der Waals surface area (Å²) in [5.41, 5.74) is 4.58. The number of aryl methyl sites for hydroxylation is 1. The molecule has 1 aliphatic carbocycles. The molecule has 7 nitrogen and oxygen atoms in total. The largest absolute Gasteiger partial charge is 0.478 e. The highest BCUT2D eigenvalue weighted by molar-refractivity contribution is 6.32. The lowest BCUT2D eigenvalue weighted by molar-refractivity contribution is 0.0698. The molecule has 0 atom stereocenters. The average molecular weight is 403 g/mol. The molecule has 0 amide bonds. The van der Waals surface area contributed by atoms with Crippen molar-refractivity contribution in [2.45, 2.75) is 33.1 Å². The zero-order valence-corrected chi connectivity index (χ0v) is 16.8. The summed E-state index contributed by atoms with van der Waals surface area (Å²) >= 11 is 6.32. The number of rotatable bonds is 4. The van der Waals surface area contributed by atoms with E-state index in [1.165, 1.54) is 5.57 Å². The van der Waals surface area contributed by atoms with E-state index in [0.29, 0.717) is 44.2 Å². The lowest BCUT2D eigenvalue weighted by Gasteiger charge is -2.28. The van der Waals surface area contributed by atoms with Gasteiger partial charge in [-0.05, 0) is 32.3 Å². The van der Waals surface area contributed by atoms with Crippen molar-refractivity contribution in [2.75, 3.05) is 31.2 Å². The van der Waals surface area contributed by atoms with Gasteiger partial charge in [0.15, 0.2) is 11.5 Å². The minimum Gasteiger partial charge on any atom is -0.478 e. The van der Waals surface area contributed by atoms with Crippen LogP contribution < -0.4 is 4.90 Å². The Morgan fingerprint density at radius 2 is 2.07 bits per heavy atom. The van der Waals surface area contributed by atoms with Crippen LogP contribution in [0.15, 0.2) is 28.3 Å². The molecule has 0 bridgehead atoms. The van der Waals surface area contributed by atoms with E-state index >= 15 is 0 Å². The molecule has 1 fully saturated rings. The summed E-state index contributed by atoms with van der Waals surface area (Å²) in [4.78, 5) is 18.5. The smallest absolute Gasteiger partial charge is 0.339 e. The number of ether oxygens (including phenoxy) is 1. The van der Waals surface area contributed by atoms with Gasteiger partial charge in [0.25, 0.3) is 0 Å². The number of allylic oxidation sites excluding steroid dienone is 4. The Kier molecular flexibility index (Phi) is 5.12. The van der Waals surface area contributed by atoms with E-state index in [9.17, 15) is 9.90 Å². The first-order chi connectivity index (χ1) is 13.5. The Morgan fingerprint density at radius 1 is 1.32 bits per heavy atom. The van der Waals surface area contributed by atoms with E-state index in [1.54, 1.807) is 10.6 Å². The molecule has 1 saturated heterocycles. The second-order valence-corrected chi connectivity index (χ2v) is 7.60. The summed E-state index contributed by atoms with van der Waals surface area (Å²) in [5.74, 6) is -0.364. The van der Waals surface area contributed by atoms with Crippen molar-refractivity contribution in [3.63, 3.8) is 0 Å². The highest BCUT2D eigenvalue weighted by atomic mass is 35.5. The molecular weight excluding hydrogens is 380 g/mol. The maximum absolute atomic E-state index is 11.9. The second-order valence-electron chi connectivity index (χ2n) is 7.20. The third-order valence-electron chi connectivity index (χ3n) is 5.47. The fraction of sp³-hybridized carbons (Fsp3) is 0.450. The van der Waals surface area contributed by atoms with Crippen molar-refractivity contribution >= 4 is 29.0 Å². The minimum atomic E-state index is -1.00. The van der Waals surface area contributed by atoms with Crippen molar-refractivity contribution < 1.29 is 14.6 Å². The molecule has 0 aromatic carbocycles. The van der Waals surface area contributed by atoms with Gasteiger partial charge in [0.1, 0.15) is 5.56 Å². The number of morpholine rings is 1. The lowest BCUT2D eigenvalue weighted by atomic mass is 9.94. The van der Waals surface area contributed by atoms with E-state index < -0.39 is 5.97 Å². The summed E-state index contributed by atoms with van der Waals surface area (Å²) in [6, 6.07) is 1.62. The van der Waals surface area contributed by atoms with Gasteiger partial charge in [-0.3, -0.25) is 0 Å². The van der Waals surface area contributed by atoms with Crippen LogP contribution in [-0.2, 0) is 11.2 Å². The van der Waals surface area contributed by atoms with Crippen LogP contribution in [0, 0.1) is 6.92 Å². The maximum Gasteiger partial charge on any atom is 0.339 e. The third kappa shape index (κ3) is 3.40. The fourth-order valence-corrected chi connectivity index (χ4v) is 4.01. The molecule has 0 saturated carbocycles. The monoisotopic (exact) mass is 402 g/mol. The molecule has 2 aliphatic rings. The standard InChI is InChI=1S/C20H23ClN4O3/c1-12-14(4-3-5-16(12)21)10-17-13(2)22-19-15(20(26)27)11-18(23-25(17)19)24-6-8-28-9-7-24/h5,11H,3-4,6-10H2,1-2H3,(H,26,27). The van der Waals surface area contributed by atoms with Crippen LogP contribution in [0.25, 0.3) is 5.65 Å². The predicted octanol–water partition coefficient (Wildman–Crippen LogP) is 3.35. The Morgan fingerprint density at radius 3 is 2.79 bits per heavy atom. The van der Waals surface area contributed by atoms with E-state index in [-0.39, 0.29) is 5.56 Å². The number of fused-ring (bicyclic) bond motifs is 1. The summed E-state index contributed by atoms with van der Waals surface area (Å²) in [6.45, 7) is 6.52. The molecule has 1 aliphatic heterocycles. The molecule has 4 rings (SSSR count). The first kappa shape index (κ1) is 19.0. The number of nitrogens with zero attached hydrogens (tertiary/aromatic N) is 4.